The van der Waals surface area contributed by atoms with Crippen LogP contribution in [0, 0.1) is 18.6 Å². The number of nitrogens with zero attached hydrogens (tertiary/aromatic N) is 1. The maximum absolute atomic E-state index is 13.4. The molecule has 134 valence electrons. The van der Waals surface area contributed by atoms with Gasteiger partial charge in [-0.05, 0) is 56.2 Å². The van der Waals surface area contributed by atoms with Crippen LogP contribution < -0.4 is 4.74 Å². The molecule has 25 heavy (non-hydrogen) atoms. The lowest BCUT2D eigenvalue weighted by Gasteiger charge is -2.28. The fourth-order valence-corrected chi connectivity index (χ4v) is 2.58. The van der Waals surface area contributed by atoms with Gasteiger partial charge in [-0.25, -0.2) is 8.78 Å². The smallest absolute Gasteiger partial charge is 0.263 e. The van der Waals surface area contributed by atoms with Crippen LogP contribution in [0.4, 0.5) is 8.78 Å². The summed E-state index contributed by atoms with van der Waals surface area (Å²) < 4.78 is 32.2. The predicted octanol–water partition coefficient (Wildman–Crippen LogP) is 4.91. The molecular formula is C19H20ClF2NO2. The van der Waals surface area contributed by atoms with Crippen LogP contribution in [0.1, 0.15) is 31.0 Å². The third-order valence-electron chi connectivity index (χ3n) is 4.09. The van der Waals surface area contributed by atoms with Crippen LogP contribution in [0.15, 0.2) is 36.4 Å². The number of likely N-dealkylation sites (N-methyl/N-ethyl adjacent to an activating group) is 1. The Morgan fingerprint density at radius 3 is 2.44 bits per heavy atom. The maximum Gasteiger partial charge on any atom is 0.263 e. The zero-order valence-electron chi connectivity index (χ0n) is 14.5. The van der Waals surface area contributed by atoms with Gasteiger partial charge in [0.2, 0.25) is 0 Å². The standard InChI is InChI=1S/C19H20ClF2NO2/c1-11-5-7-15(20)18(9-11)25-13(3)19(24)23(4)12(2)14-6-8-16(21)17(22)10-14/h5-10,12-13H,1-4H3. The molecule has 0 bridgehead atoms. The molecule has 0 saturated heterocycles. The first kappa shape index (κ1) is 19.2. The molecule has 0 radical (unpaired) electrons. The monoisotopic (exact) mass is 367 g/mol. The van der Waals surface area contributed by atoms with Gasteiger partial charge in [-0.1, -0.05) is 23.7 Å². The third-order valence-corrected chi connectivity index (χ3v) is 4.41. The van der Waals surface area contributed by atoms with Crippen LogP contribution in [0.25, 0.3) is 0 Å². The molecule has 0 heterocycles. The van der Waals surface area contributed by atoms with Crippen LogP contribution in [0.5, 0.6) is 5.75 Å². The van der Waals surface area contributed by atoms with Gasteiger partial charge >= 0.3 is 0 Å². The van der Waals surface area contributed by atoms with Gasteiger partial charge in [-0.3, -0.25) is 4.79 Å². The Balaban J connectivity index is 2.12. The highest BCUT2D eigenvalue weighted by Crippen LogP contribution is 2.27. The fourth-order valence-electron chi connectivity index (χ4n) is 2.42. The van der Waals surface area contributed by atoms with E-state index in [1.807, 2.05) is 13.0 Å². The van der Waals surface area contributed by atoms with Gasteiger partial charge in [0.05, 0.1) is 11.1 Å². The number of halogens is 3. The van der Waals surface area contributed by atoms with Crippen molar-refractivity contribution >= 4 is 17.5 Å². The Kier molecular flexibility index (Phi) is 6.01. The predicted molar refractivity (Wildman–Crippen MR) is 93.8 cm³/mol. The minimum Gasteiger partial charge on any atom is -0.479 e. The van der Waals surface area contributed by atoms with E-state index in [1.165, 1.54) is 11.0 Å². The summed E-state index contributed by atoms with van der Waals surface area (Å²) in [5, 5.41) is 0.418. The number of carbonyl (C=O) groups excluding carboxylic acids is 1. The Bertz CT molecular complexity index is 782. The summed E-state index contributed by atoms with van der Waals surface area (Å²) in [5.41, 5.74) is 1.46. The quantitative estimate of drug-likeness (QED) is 0.751. The van der Waals surface area contributed by atoms with Crippen molar-refractivity contribution in [3.63, 3.8) is 0 Å². The summed E-state index contributed by atoms with van der Waals surface area (Å²) in [5.74, 6) is -1.73. The Morgan fingerprint density at radius 2 is 1.80 bits per heavy atom. The van der Waals surface area contributed by atoms with Crippen molar-refractivity contribution in [1.29, 1.82) is 0 Å². The molecule has 3 nitrogen and oxygen atoms in total. The Labute approximate surface area is 151 Å². The van der Waals surface area contributed by atoms with Gasteiger partial charge in [0, 0.05) is 7.05 Å². The zero-order chi connectivity index (χ0) is 18.7. The molecule has 0 aliphatic rings. The van der Waals surface area contributed by atoms with Gasteiger partial charge in [-0.15, -0.1) is 0 Å². The largest absolute Gasteiger partial charge is 0.479 e. The van der Waals surface area contributed by atoms with Crippen LogP contribution in [-0.4, -0.2) is 24.0 Å². The summed E-state index contributed by atoms with van der Waals surface area (Å²) in [4.78, 5) is 14.0. The SMILES string of the molecule is Cc1ccc(Cl)c(OC(C)C(=O)N(C)C(C)c2ccc(F)c(F)c2)c1. The van der Waals surface area contributed by atoms with E-state index >= 15 is 0 Å². The fraction of sp³-hybridized carbons (Fsp3) is 0.316. The minimum atomic E-state index is -0.943. The molecule has 0 saturated carbocycles. The first-order chi connectivity index (χ1) is 11.7. The molecular weight excluding hydrogens is 348 g/mol. The lowest BCUT2D eigenvalue weighted by Crippen LogP contribution is -2.39. The second kappa shape index (κ2) is 7.83. The number of hydrogen-bond acceptors (Lipinski definition) is 2. The molecule has 0 aliphatic heterocycles. The first-order valence-electron chi connectivity index (χ1n) is 7.85. The van der Waals surface area contributed by atoms with Crippen LogP contribution in [0.2, 0.25) is 5.02 Å². The molecule has 0 fully saturated rings. The third kappa shape index (κ3) is 4.48. The van der Waals surface area contributed by atoms with E-state index in [1.54, 1.807) is 33.0 Å². The second-order valence-corrected chi connectivity index (χ2v) is 6.40. The van der Waals surface area contributed by atoms with Gasteiger partial charge in [0.25, 0.3) is 5.91 Å². The van der Waals surface area contributed by atoms with Crippen LogP contribution in [0.3, 0.4) is 0 Å². The van der Waals surface area contributed by atoms with Crippen LogP contribution in [-0.2, 0) is 4.79 Å². The number of rotatable bonds is 5. The Morgan fingerprint density at radius 1 is 1.12 bits per heavy atom. The van der Waals surface area contributed by atoms with Crippen LogP contribution >= 0.6 is 11.6 Å². The van der Waals surface area contributed by atoms with E-state index < -0.39 is 23.8 Å². The maximum atomic E-state index is 13.4. The van der Waals surface area contributed by atoms with Gasteiger partial charge in [-0.2, -0.15) is 0 Å². The molecule has 0 spiro atoms. The van der Waals surface area contributed by atoms with E-state index in [9.17, 15) is 13.6 Å². The average Bonchev–Trinajstić information content (AvgIpc) is 2.58. The van der Waals surface area contributed by atoms with E-state index in [2.05, 4.69) is 0 Å². The van der Waals surface area contributed by atoms with E-state index in [0.717, 1.165) is 17.7 Å². The lowest BCUT2D eigenvalue weighted by atomic mass is 10.1. The summed E-state index contributed by atoms with van der Waals surface area (Å²) >= 11 is 6.09. The molecule has 6 heteroatoms. The minimum absolute atomic E-state index is 0.296. The first-order valence-corrected chi connectivity index (χ1v) is 8.23. The highest BCUT2D eigenvalue weighted by Gasteiger charge is 2.25. The van der Waals surface area contributed by atoms with E-state index in [0.29, 0.717) is 16.3 Å². The summed E-state index contributed by atoms with van der Waals surface area (Å²) in [6.07, 6.45) is -0.781. The van der Waals surface area contributed by atoms with Gasteiger partial charge in [0.1, 0.15) is 5.75 Å². The molecule has 1 amide bonds. The molecule has 2 aromatic rings. The number of aryl methyl sites for hydroxylation is 1. The van der Waals surface area contributed by atoms with Crippen molar-refractivity contribution in [2.45, 2.75) is 32.9 Å². The molecule has 0 N–H and O–H groups in total. The van der Waals surface area contributed by atoms with Crippen molar-refractivity contribution < 1.29 is 18.3 Å². The van der Waals surface area contributed by atoms with Crippen molar-refractivity contribution in [3.8, 4) is 5.75 Å². The summed E-state index contributed by atoms with van der Waals surface area (Å²) in [7, 11) is 1.59. The average molecular weight is 368 g/mol. The number of carbonyl (C=O) groups is 1. The van der Waals surface area contributed by atoms with Crippen molar-refractivity contribution in [2.75, 3.05) is 7.05 Å². The molecule has 0 aliphatic carbocycles. The molecule has 0 aromatic heterocycles. The van der Waals surface area contributed by atoms with Gasteiger partial charge in [0.15, 0.2) is 17.7 Å². The number of ether oxygens (including phenoxy) is 1. The highest BCUT2D eigenvalue weighted by atomic mass is 35.5. The normalized spacial score (nSPS) is 13.2. The van der Waals surface area contributed by atoms with Crippen molar-refractivity contribution in [3.05, 3.63) is 64.2 Å². The second-order valence-electron chi connectivity index (χ2n) is 5.99. The van der Waals surface area contributed by atoms with E-state index in [4.69, 9.17) is 16.3 Å². The lowest BCUT2D eigenvalue weighted by molar-refractivity contribution is -0.138. The zero-order valence-corrected chi connectivity index (χ0v) is 15.3. The Hall–Kier alpha value is -2.14. The van der Waals surface area contributed by atoms with Crippen molar-refractivity contribution in [1.82, 2.24) is 4.90 Å². The number of amides is 1. The number of hydrogen-bond donors (Lipinski definition) is 0. The van der Waals surface area contributed by atoms with Crippen molar-refractivity contribution in [2.24, 2.45) is 0 Å². The molecule has 2 unspecified atom stereocenters. The highest BCUT2D eigenvalue weighted by molar-refractivity contribution is 6.32. The van der Waals surface area contributed by atoms with Gasteiger partial charge < -0.3 is 9.64 Å². The molecule has 2 atom stereocenters. The number of benzene rings is 2. The molecule has 2 rings (SSSR count). The molecule has 2 aromatic carbocycles. The topological polar surface area (TPSA) is 29.5 Å². The van der Waals surface area contributed by atoms with E-state index in [-0.39, 0.29) is 5.91 Å². The summed E-state index contributed by atoms with van der Waals surface area (Å²) in [6.45, 7) is 5.25. The summed E-state index contributed by atoms with van der Waals surface area (Å²) in [6, 6.07) is 8.46.